The molecule has 0 radical (unpaired) electrons. The fourth-order valence-electron chi connectivity index (χ4n) is 3.03. The predicted molar refractivity (Wildman–Crippen MR) is 86.0 cm³/mol. The fraction of sp³-hybridized carbons (Fsp3) is 0.500. The number of aromatic amines is 1. The van der Waals surface area contributed by atoms with Crippen molar-refractivity contribution in [3.8, 4) is 5.75 Å². The van der Waals surface area contributed by atoms with Gasteiger partial charge in [-0.1, -0.05) is 6.92 Å². The number of rotatable bonds is 5. The predicted octanol–water partition coefficient (Wildman–Crippen LogP) is 3.47. The number of methoxy groups -OCH3 is 1. The van der Waals surface area contributed by atoms with Crippen molar-refractivity contribution < 1.29 is 9.53 Å². The lowest BCUT2D eigenvalue weighted by Crippen LogP contribution is -2.29. The Morgan fingerprint density at radius 2 is 2.14 bits per heavy atom. The molecule has 2 aromatic rings. The molecule has 2 fully saturated rings. The summed E-state index contributed by atoms with van der Waals surface area (Å²) in [5.74, 6) is 1.80. The van der Waals surface area contributed by atoms with E-state index in [1.807, 2.05) is 6.92 Å². The Balaban J connectivity index is 1.56. The summed E-state index contributed by atoms with van der Waals surface area (Å²) < 4.78 is 5.53. The van der Waals surface area contributed by atoms with Crippen LogP contribution in [0.2, 0.25) is 0 Å². The van der Waals surface area contributed by atoms with Crippen molar-refractivity contribution in [1.29, 1.82) is 0 Å². The number of H-pyrrole nitrogens is 1. The average molecular weight is 298 g/mol. The van der Waals surface area contributed by atoms with Crippen molar-refractivity contribution in [1.82, 2.24) is 10.3 Å². The van der Waals surface area contributed by atoms with Gasteiger partial charge in [0.05, 0.1) is 13.7 Å². The van der Waals surface area contributed by atoms with Crippen LogP contribution in [0.3, 0.4) is 0 Å². The Morgan fingerprint density at radius 1 is 1.36 bits per heavy atom. The molecule has 2 aliphatic carbocycles. The second-order valence-electron chi connectivity index (χ2n) is 6.99. The number of carbonyl (C=O) groups excluding carboxylic acids is 1. The van der Waals surface area contributed by atoms with Crippen molar-refractivity contribution in [2.75, 3.05) is 7.11 Å². The van der Waals surface area contributed by atoms with E-state index in [0.717, 1.165) is 29.8 Å². The number of hydrogen-bond donors (Lipinski definition) is 2. The van der Waals surface area contributed by atoms with Crippen LogP contribution < -0.4 is 10.1 Å². The molecule has 4 rings (SSSR count). The smallest absolute Gasteiger partial charge is 0.226 e. The van der Waals surface area contributed by atoms with Gasteiger partial charge in [-0.2, -0.15) is 0 Å². The summed E-state index contributed by atoms with van der Waals surface area (Å²) in [4.78, 5) is 15.4. The van der Waals surface area contributed by atoms with Crippen molar-refractivity contribution in [3.05, 3.63) is 29.5 Å². The number of amides is 1. The van der Waals surface area contributed by atoms with Gasteiger partial charge in [0, 0.05) is 28.1 Å². The first-order valence-electron chi connectivity index (χ1n) is 8.07. The fourth-order valence-corrected chi connectivity index (χ4v) is 3.03. The molecule has 0 spiro atoms. The molecule has 1 aromatic carbocycles. The lowest BCUT2D eigenvalue weighted by Gasteiger charge is -2.08. The highest BCUT2D eigenvalue weighted by Gasteiger charge is 2.44. The van der Waals surface area contributed by atoms with E-state index in [0.29, 0.717) is 12.5 Å². The highest BCUT2D eigenvalue weighted by atomic mass is 16.5. The number of nitrogens with one attached hydrogen (secondary N) is 2. The normalized spacial score (nSPS) is 19.2. The van der Waals surface area contributed by atoms with E-state index in [2.05, 4.69) is 28.5 Å². The Morgan fingerprint density at radius 3 is 2.77 bits per heavy atom. The van der Waals surface area contributed by atoms with E-state index < -0.39 is 0 Å². The van der Waals surface area contributed by atoms with E-state index >= 15 is 0 Å². The topological polar surface area (TPSA) is 54.1 Å². The van der Waals surface area contributed by atoms with Crippen LogP contribution in [0, 0.1) is 5.41 Å². The van der Waals surface area contributed by atoms with Gasteiger partial charge in [0.1, 0.15) is 5.75 Å². The standard InChI is InChI=1S/C18H22N2O2/c1-18(5-6-18)17(21)19-10-13-7-12-8-14(11-3-4-11)16(22-2)9-15(12)20-13/h7-9,11,20H,3-6,10H2,1-2H3,(H,19,21). The number of aromatic nitrogens is 1. The molecule has 4 nitrogen and oxygen atoms in total. The van der Waals surface area contributed by atoms with Crippen molar-refractivity contribution in [2.24, 2.45) is 5.41 Å². The van der Waals surface area contributed by atoms with E-state index in [9.17, 15) is 4.79 Å². The Labute approximate surface area is 130 Å². The number of benzene rings is 1. The van der Waals surface area contributed by atoms with E-state index in [4.69, 9.17) is 4.74 Å². The molecule has 22 heavy (non-hydrogen) atoms. The van der Waals surface area contributed by atoms with Crippen LogP contribution in [0.5, 0.6) is 5.75 Å². The van der Waals surface area contributed by atoms with Gasteiger partial charge in [-0.3, -0.25) is 4.79 Å². The van der Waals surface area contributed by atoms with Crippen LogP contribution in [-0.2, 0) is 11.3 Å². The van der Waals surface area contributed by atoms with E-state index in [-0.39, 0.29) is 11.3 Å². The molecule has 0 saturated heterocycles. The molecule has 2 saturated carbocycles. The summed E-state index contributed by atoms with van der Waals surface area (Å²) >= 11 is 0. The molecule has 1 heterocycles. The summed E-state index contributed by atoms with van der Waals surface area (Å²) in [7, 11) is 1.73. The molecule has 4 heteroatoms. The molecule has 1 aromatic heterocycles. The summed E-state index contributed by atoms with van der Waals surface area (Å²) in [5, 5.41) is 4.24. The van der Waals surface area contributed by atoms with Gasteiger partial charge < -0.3 is 15.0 Å². The zero-order chi connectivity index (χ0) is 15.3. The van der Waals surface area contributed by atoms with Gasteiger partial charge in [0.25, 0.3) is 0 Å². The van der Waals surface area contributed by atoms with Gasteiger partial charge in [0.2, 0.25) is 5.91 Å². The third-order valence-electron chi connectivity index (χ3n) is 5.03. The van der Waals surface area contributed by atoms with Crippen LogP contribution in [0.25, 0.3) is 10.9 Å². The van der Waals surface area contributed by atoms with Gasteiger partial charge in [0.15, 0.2) is 0 Å². The number of ether oxygens (including phenoxy) is 1. The minimum atomic E-state index is -0.117. The van der Waals surface area contributed by atoms with Crippen LogP contribution in [0.15, 0.2) is 18.2 Å². The van der Waals surface area contributed by atoms with Crippen molar-refractivity contribution >= 4 is 16.8 Å². The first-order valence-corrected chi connectivity index (χ1v) is 8.07. The first-order chi connectivity index (χ1) is 10.6. The monoisotopic (exact) mass is 298 g/mol. The molecule has 0 bridgehead atoms. The van der Waals surface area contributed by atoms with Crippen molar-refractivity contribution in [2.45, 2.75) is 45.1 Å². The average Bonchev–Trinajstić information content (AvgIpc) is 3.43. The lowest BCUT2D eigenvalue weighted by atomic mass is 10.1. The third kappa shape index (κ3) is 2.36. The summed E-state index contributed by atoms with van der Waals surface area (Å²) in [5.41, 5.74) is 3.31. The van der Waals surface area contributed by atoms with Crippen molar-refractivity contribution in [3.63, 3.8) is 0 Å². The Hall–Kier alpha value is -1.97. The minimum Gasteiger partial charge on any atom is -0.496 e. The zero-order valence-electron chi connectivity index (χ0n) is 13.2. The number of fused-ring (bicyclic) bond motifs is 1. The van der Waals surface area contributed by atoms with E-state index in [1.165, 1.54) is 23.8 Å². The van der Waals surface area contributed by atoms with Gasteiger partial charge in [-0.15, -0.1) is 0 Å². The van der Waals surface area contributed by atoms with Gasteiger partial charge in [-0.05, 0) is 49.3 Å². The number of hydrogen-bond acceptors (Lipinski definition) is 2. The highest BCUT2D eigenvalue weighted by molar-refractivity contribution is 5.86. The maximum absolute atomic E-state index is 12.0. The molecule has 2 aliphatic rings. The SMILES string of the molecule is COc1cc2[nH]c(CNC(=O)C3(C)CC3)cc2cc1C1CC1. The molecule has 1 amide bonds. The lowest BCUT2D eigenvalue weighted by molar-refractivity contribution is -0.125. The maximum atomic E-state index is 12.0. The van der Waals surface area contributed by atoms with Crippen LogP contribution >= 0.6 is 0 Å². The molecular formula is C18H22N2O2. The highest BCUT2D eigenvalue weighted by Crippen LogP contribution is 2.46. The van der Waals surface area contributed by atoms with E-state index in [1.54, 1.807) is 7.11 Å². The zero-order valence-corrected chi connectivity index (χ0v) is 13.2. The molecule has 0 atom stereocenters. The maximum Gasteiger partial charge on any atom is 0.226 e. The van der Waals surface area contributed by atoms with Crippen LogP contribution in [0.1, 0.15) is 49.8 Å². The largest absolute Gasteiger partial charge is 0.496 e. The second kappa shape index (κ2) is 4.77. The quantitative estimate of drug-likeness (QED) is 0.888. The van der Waals surface area contributed by atoms with Crippen LogP contribution in [-0.4, -0.2) is 18.0 Å². The first kappa shape index (κ1) is 13.7. The minimum absolute atomic E-state index is 0.117. The summed E-state index contributed by atoms with van der Waals surface area (Å²) in [6.07, 6.45) is 4.53. The third-order valence-corrected chi connectivity index (χ3v) is 5.03. The molecule has 0 unspecified atom stereocenters. The number of carbonyl (C=O) groups is 1. The van der Waals surface area contributed by atoms with Gasteiger partial charge >= 0.3 is 0 Å². The summed E-state index contributed by atoms with van der Waals surface area (Å²) in [6.45, 7) is 2.59. The van der Waals surface area contributed by atoms with Gasteiger partial charge in [-0.25, -0.2) is 0 Å². The molecule has 116 valence electrons. The molecule has 0 aliphatic heterocycles. The van der Waals surface area contributed by atoms with Crippen LogP contribution in [0.4, 0.5) is 0 Å². The molecular weight excluding hydrogens is 276 g/mol. The Bertz CT molecular complexity index is 739. The summed E-state index contributed by atoms with van der Waals surface area (Å²) in [6, 6.07) is 6.45. The second-order valence-corrected chi connectivity index (χ2v) is 6.99. The molecule has 2 N–H and O–H groups in total. The Kier molecular flexibility index (Phi) is 2.96.